The van der Waals surface area contributed by atoms with Crippen LogP contribution in [0.25, 0.3) is 0 Å². The van der Waals surface area contributed by atoms with Crippen LogP contribution in [-0.2, 0) is 6.42 Å². The van der Waals surface area contributed by atoms with E-state index in [2.05, 4.69) is 40.2 Å². The maximum atomic E-state index is 4.31. The zero-order valence-corrected chi connectivity index (χ0v) is 9.40. The number of rotatable bonds is 4. The Morgan fingerprint density at radius 3 is 2.87 bits per heavy atom. The van der Waals surface area contributed by atoms with Gasteiger partial charge >= 0.3 is 0 Å². The fourth-order valence-corrected chi connectivity index (χ4v) is 1.71. The first kappa shape index (κ1) is 10.4. The van der Waals surface area contributed by atoms with Crippen LogP contribution in [0, 0.1) is 0 Å². The van der Waals surface area contributed by atoms with E-state index >= 15 is 0 Å². The van der Waals surface area contributed by atoms with E-state index in [0.717, 1.165) is 37.4 Å². The van der Waals surface area contributed by atoms with Gasteiger partial charge in [0.1, 0.15) is 12.1 Å². The molecule has 0 aromatic carbocycles. The predicted octanol–water partition coefficient (Wildman–Crippen LogP) is 0.837. The van der Waals surface area contributed by atoms with Crippen LogP contribution in [0.5, 0.6) is 0 Å². The van der Waals surface area contributed by atoms with E-state index in [0.29, 0.717) is 6.04 Å². The predicted molar refractivity (Wildman–Crippen MR) is 61.1 cm³/mol. The highest BCUT2D eigenvalue weighted by Crippen LogP contribution is 2.14. The van der Waals surface area contributed by atoms with Crippen LogP contribution in [0.15, 0.2) is 12.4 Å². The van der Waals surface area contributed by atoms with Crippen molar-refractivity contribution in [1.82, 2.24) is 15.3 Å². The highest BCUT2D eigenvalue weighted by atomic mass is 15.3. The first-order valence-electron chi connectivity index (χ1n) is 5.55. The summed E-state index contributed by atoms with van der Waals surface area (Å²) in [4.78, 5) is 10.8. The number of nitrogens with zero attached hydrogens (tertiary/aromatic N) is 3. The van der Waals surface area contributed by atoms with Crippen molar-refractivity contribution in [2.45, 2.75) is 25.8 Å². The molecule has 15 heavy (non-hydrogen) atoms. The van der Waals surface area contributed by atoms with Gasteiger partial charge in [0.05, 0.1) is 6.04 Å². The molecule has 0 radical (unpaired) electrons. The highest BCUT2D eigenvalue weighted by Gasteiger charge is 2.22. The van der Waals surface area contributed by atoms with Gasteiger partial charge in [-0.3, -0.25) is 0 Å². The molecule has 1 aliphatic rings. The summed E-state index contributed by atoms with van der Waals surface area (Å²) >= 11 is 0. The Morgan fingerprint density at radius 2 is 2.27 bits per heavy atom. The van der Waals surface area contributed by atoms with E-state index in [9.17, 15) is 0 Å². The Balaban J connectivity index is 2.09. The molecule has 0 atom stereocenters. The van der Waals surface area contributed by atoms with Gasteiger partial charge in [-0.2, -0.15) is 0 Å². The molecule has 4 nitrogen and oxygen atoms in total. The summed E-state index contributed by atoms with van der Waals surface area (Å²) in [5.41, 5.74) is 1.14. The molecule has 2 heterocycles. The molecule has 82 valence electrons. The zero-order valence-electron chi connectivity index (χ0n) is 9.40. The Morgan fingerprint density at radius 1 is 1.47 bits per heavy atom. The molecule has 1 N–H and O–H groups in total. The second-order valence-corrected chi connectivity index (χ2v) is 4.04. The van der Waals surface area contributed by atoms with Crippen molar-refractivity contribution in [3.63, 3.8) is 0 Å². The largest absolute Gasteiger partial charge is 0.354 e. The molecule has 0 spiro atoms. The maximum Gasteiger partial charge on any atom is 0.132 e. The Labute approximate surface area is 90.7 Å². The fourth-order valence-electron chi connectivity index (χ4n) is 1.71. The molecule has 0 saturated carbocycles. The molecule has 1 saturated heterocycles. The molecule has 0 bridgehead atoms. The molecular weight excluding hydrogens is 188 g/mol. The molecule has 4 heteroatoms. The van der Waals surface area contributed by atoms with E-state index < -0.39 is 0 Å². The third-order valence-electron chi connectivity index (χ3n) is 2.88. The molecule has 1 aliphatic heterocycles. The van der Waals surface area contributed by atoms with Crippen molar-refractivity contribution in [2.24, 2.45) is 0 Å². The van der Waals surface area contributed by atoms with Crippen molar-refractivity contribution in [1.29, 1.82) is 0 Å². The number of aryl methyl sites for hydroxylation is 1. The van der Waals surface area contributed by atoms with Crippen molar-refractivity contribution in [3.05, 3.63) is 18.1 Å². The number of likely N-dealkylation sites (N-methyl/N-ethyl adjacent to an activating group) is 1. The molecule has 1 fully saturated rings. The van der Waals surface area contributed by atoms with Crippen LogP contribution in [0.3, 0.4) is 0 Å². The number of nitrogens with one attached hydrogen (secondary N) is 1. The van der Waals surface area contributed by atoms with E-state index in [4.69, 9.17) is 0 Å². The van der Waals surface area contributed by atoms with Crippen LogP contribution in [0.4, 0.5) is 5.82 Å². The molecule has 0 aliphatic carbocycles. The van der Waals surface area contributed by atoms with Crippen molar-refractivity contribution in [3.8, 4) is 0 Å². The van der Waals surface area contributed by atoms with Crippen LogP contribution >= 0.6 is 0 Å². The number of hydrogen-bond donors (Lipinski definition) is 1. The molecule has 1 aromatic heterocycles. The summed E-state index contributed by atoms with van der Waals surface area (Å²) in [7, 11) is 2.10. The first-order valence-corrected chi connectivity index (χ1v) is 5.55. The lowest BCUT2D eigenvalue weighted by Crippen LogP contribution is -2.56. The van der Waals surface area contributed by atoms with Crippen LogP contribution in [-0.4, -0.2) is 36.1 Å². The summed E-state index contributed by atoms with van der Waals surface area (Å²) in [5, 5.41) is 3.27. The number of anilines is 1. The zero-order chi connectivity index (χ0) is 10.7. The van der Waals surface area contributed by atoms with Crippen LogP contribution < -0.4 is 10.2 Å². The van der Waals surface area contributed by atoms with Crippen molar-refractivity contribution < 1.29 is 0 Å². The number of hydrogen-bond acceptors (Lipinski definition) is 4. The number of aromatic nitrogens is 2. The van der Waals surface area contributed by atoms with Gasteiger partial charge in [-0.1, -0.05) is 13.3 Å². The highest BCUT2D eigenvalue weighted by molar-refractivity contribution is 5.40. The minimum atomic E-state index is 0.592. The van der Waals surface area contributed by atoms with E-state index in [1.165, 1.54) is 0 Å². The fraction of sp³-hybridized carbons (Fsp3) is 0.636. The SMILES string of the molecule is CCCc1cc(N(C)C2CNC2)ncn1. The smallest absolute Gasteiger partial charge is 0.132 e. The monoisotopic (exact) mass is 206 g/mol. The summed E-state index contributed by atoms with van der Waals surface area (Å²) in [5.74, 6) is 1.04. The molecule has 1 aromatic rings. The average Bonchev–Trinajstić information content (AvgIpc) is 2.16. The molecule has 0 unspecified atom stereocenters. The van der Waals surface area contributed by atoms with Gasteiger partial charge in [-0.15, -0.1) is 0 Å². The van der Waals surface area contributed by atoms with Crippen molar-refractivity contribution >= 4 is 5.82 Å². The van der Waals surface area contributed by atoms with Gasteiger partial charge in [0.25, 0.3) is 0 Å². The summed E-state index contributed by atoms with van der Waals surface area (Å²) in [6.45, 7) is 4.29. The van der Waals surface area contributed by atoms with Gasteiger partial charge in [0.2, 0.25) is 0 Å². The Kier molecular flexibility index (Phi) is 3.16. The Hall–Kier alpha value is -1.16. The van der Waals surface area contributed by atoms with E-state index in [1.807, 2.05) is 0 Å². The minimum absolute atomic E-state index is 0.592. The second-order valence-electron chi connectivity index (χ2n) is 4.04. The first-order chi connectivity index (χ1) is 7.31. The van der Waals surface area contributed by atoms with Gasteiger partial charge in [0.15, 0.2) is 0 Å². The van der Waals surface area contributed by atoms with E-state index in [-0.39, 0.29) is 0 Å². The van der Waals surface area contributed by atoms with Crippen LogP contribution in [0.2, 0.25) is 0 Å². The topological polar surface area (TPSA) is 41.0 Å². The maximum absolute atomic E-state index is 4.31. The van der Waals surface area contributed by atoms with Crippen LogP contribution in [0.1, 0.15) is 19.0 Å². The second kappa shape index (κ2) is 4.57. The summed E-state index contributed by atoms with van der Waals surface area (Å²) in [6, 6.07) is 2.69. The third kappa shape index (κ3) is 2.26. The van der Waals surface area contributed by atoms with Gasteiger partial charge in [-0.05, 0) is 6.42 Å². The molecule has 2 rings (SSSR count). The quantitative estimate of drug-likeness (QED) is 0.792. The average molecular weight is 206 g/mol. The summed E-state index contributed by atoms with van der Waals surface area (Å²) < 4.78 is 0. The van der Waals surface area contributed by atoms with Crippen molar-refractivity contribution in [2.75, 3.05) is 25.0 Å². The lowest BCUT2D eigenvalue weighted by atomic mass is 10.1. The normalized spacial score (nSPS) is 16.1. The third-order valence-corrected chi connectivity index (χ3v) is 2.88. The standard InChI is InChI=1S/C11H18N4/c1-3-4-9-5-11(14-8-13-9)15(2)10-6-12-7-10/h5,8,10,12H,3-4,6-7H2,1-2H3. The van der Waals surface area contributed by atoms with Gasteiger partial charge < -0.3 is 10.2 Å². The Bertz CT molecular complexity index is 322. The molecular formula is C11H18N4. The molecule has 0 amide bonds. The van der Waals surface area contributed by atoms with E-state index in [1.54, 1.807) is 6.33 Å². The van der Waals surface area contributed by atoms with Gasteiger partial charge in [-0.25, -0.2) is 9.97 Å². The lowest BCUT2D eigenvalue weighted by molar-refractivity contribution is 0.426. The lowest BCUT2D eigenvalue weighted by Gasteiger charge is -2.36. The minimum Gasteiger partial charge on any atom is -0.354 e. The van der Waals surface area contributed by atoms with Gasteiger partial charge in [0, 0.05) is 31.9 Å². The summed E-state index contributed by atoms with van der Waals surface area (Å²) in [6.07, 6.45) is 3.83.